The summed E-state index contributed by atoms with van der Waals surface area (Å²) in [5, 5.41) is 12.0. The molecule has 2 aromatic rings. The molecule has 4 heteroatoms. The van der Waals surface area contributed by atoms with Gasteiger partial charge in [0.1, 0.15) is 11.8 Å². The summed E-state index contributed by atoms with van der Waals surface area (Å²) in [5.41, 5.74) is 3.67. The van der Waals surface area contributed by atoms with E-state index in [2.05, 4.69) is 22.4 Å². The van der Waals surface area contributed by atoms with Gasteiger partial charge in [-0.05, 0) is 23.3 Å². The molecule has 4 nitrogen and oxygen atoms in total. The number of ether oxygens (including phenoxy) is 1. The van der Waals surface area contributed by atoms with Crippen molar-refractivity contribution in [3.63, 3.8) is 0 Å². The molecule has 1 N–H and O–H groups in total. The first-order chi connectivity index (χ1) is 9.33. The lowest BCUT2D eigenvalue weighted by Crippen LogP contribution is -2.04. The molecule has 0 bridgehead atoms. The predicted molar refractivity (Wildman–Crippen MR) is 73.4 cm³/mol. The summed E-state index contributed by atoms with van der Waals surface area (Å²) < 4.78 is 5.17. The van der Waals surface area contributed by atoms with E-state index in [-0.39, 0.29) is 0 Å². The van der Waals surface area contributed by atoms with Crippen LogP contribution in [0.25, 0.3) is 0 Å². The van der Waals surface area contributed by atoms with E-state index in [0.717, 1.165) is 5.69 Å². The van der Waals surface area contributed by atoms with Crippen molar-refractivity contribution in [1.82, 2.24) is 4.98 Å². The van der Waals surface area contributed by atoms with Crippen LogP contribution < -0.4 is 5.32 Å². The van der Waals surface area contributed by atoms with Gasteiger partial charge >= 0.3 is 0 Å². The van der Waals surface area contributed by atoms with Gasteiger partial charge in [0, 0.05) is 13.7 Å². The Balaban J connectivity index is 2.03. The molecule has 1 aromatic heterocycles. The van der Waals surface area contributed by atoms with Crippen molar-refractivity contribution < 1.29 is 4.74 Å². The fraction of sp³-hybridized carbons (Fsp3) is 0.200. The topological polar surface area (TPSA) is 57.9 Å². The highest BCUT2D eigenvalue weighted by Gasteiger charge is 2.01. The van der Waals surface area contributed by atoms with E-state index in [1.54, 1.807) is 19.4 Å². The van der Waals surface area contributed by atoms with Crippen molar-refractivity contribution in [2.24, 2.45) is 0 Å². The Hall–Kier alpha value is -2.38. The fourth-order valence-corrected chi connectivity index (χ4v) is 1.79. The Labute approximate surface area is 112 Å². The molecule has 2 rings (SSSR count). The number of aromatic nitrogens is 1. The normalized spacial score (nSPS) is 9.89. The SMILES string of the molecule is COCc1ccccc1CNc1ccc(C#N)nc1. The number of nitrogens with zero attached hydrogens (tertiary/aromatic N) is 2. The standard InChI is InChI=1S/C15H15N3O/c1-19-11-13-5-3-2-4-12(13)9-17-15-7-6-14(8-16)18-10-15/h2-7,10,17H,9,11H2,1H3. The molecular weight excluding hydrogens is 238 g/mol. The van der Waals surface area contributed by atoms with Gasteiger partial charge in [-0.1, -0.05) is 24.3 Å². The number of anilines is 1. The number of benzene rings is 1. The third kappa shape index (κ3) is 3.54. The number of pyridine rings is 1. The minimum Gasteiger partial charge on any atom is -0.380 e. The molecule has 1 aromatic carbocycles. The molecule has 0 saturated carbocycles. The molecule has 0 spiro atoms. The highest BCUT2D eigenvalue weighted by atomic mass is 16.5. The first-order valence-electron chi connectivity index (χ1n) is 5.99. The molecule has 0 radical (unpaired) electrons. The summed E-state index contributed by atoms with van der Waals surface area (Å²) in [6, 6.07) is 13.7. The molecule has 19 heavy (non-hydrogen) atoms. The zero-order valence-electron chi connectivity index (χ0n) is 10.8. The van der Waals surface area contributed by atoms with E-state index in [9.17, 15) is 0 Å². The number of hydrogen-bond acceptors (Lipinski definition) is 4. The molecule has 0 aliphatic carbocycles. The predicted octanol–water partition coefficient (Wildman–Crippen LogP) is 2.71. The molecule has 0 aliphatic heterocycles. The van der Waals surface area contributed by atoms with Gasteiger partial charge in [-0.15, -0.1) is 0 Å². The Bertz CT molecular complexity index is 573. The van der Waals surface area contributed by atoms with E-state index in [1.807, 2.05) is 24.3 Å². The minimum absolute atomic E-state index is 0.422. The molecule has 0 saturated heterocycles. The second kappa shape index (κ2) is 6.53. The van der Waals surface area contributed by atoms with Crippen LogP contribution in [0.3, 0.4) is 0 Å². The summed E-state index contributed by atoms with van der Waals surface area (Å²) in [6.45, 7) is 1.30. The number of rotatable bonds is 5. The van der Waals surface area contributed by atoms with Crippen LogP contribution in [0.2, 0.25) is 0 Å². The highest BCUT2D eigenvalue weighted by molar-refractivity contribution is 5.44. The van der Waals surface area contributed by atoms with Crippen LogP contribution in [0.5, 0.6) is 0 Å². The van der Waals surface area contributed by atoms with E-state index >= 15 is 0 Å². The third-order valence-corrected chi connectivity index (χ3v) is 2.78. The average Bonchev–Trinajstić information content (AvgIpc) is 2.47. The molecule has 0 fully saturated rings. The largest absolute Gasteiger partial charge is 0.380 e. The number of nitrogens with one attached hydrogen (secondary N) is 1. The summed E-state index contributed by atoms with van der Waals surface area (Å²) in [6.07, 6.45) is 1.66. The van der Waals surface area contributed by atoms with E-state index < -0.39 is 0 Å². The van der Waals surface area contributed by atoms with Crippen molar-refractivity contribution >= 4 is 5.69 Å². The van der Waals surface area contributed by atoms with Gasteiger partial charge in [-0.2, -0.15) is 5.26 Å². The van der Waals surface area contributed by atoms with Gasteiger partial charge < -0.3 is 10.1 Å². The minimum atomic E-state index is 0.422. The van der Waals surface area contributed by atoms with Crippen LogP contribution in [0.1, 0.15) is 16.8 Å². The van der Waals surface area contributed by atoms with Crippen molar-refractivity contribution in [3.8, 4) is 6.07 Å². The van der Waals surface area contributed by atoms with Crippen LogP contribution >= 0.6 is 0 Å². The number of methoxy groups -OCH3 is 1. The van der Waals surface area contributed by atoms with Gasteiger partial charge in [-0.25, -0.2) is 4.98 Å². The zero-order chi connectivity index (χ0) is 13.5. The van der Waals surface area contributed by atoms with Crippen molar-refractivity contribution in [2.75, 3.05) is 12.4 Å². The fourth-order valence-electron chi connectivity index (χ4n) is 1.79. The monoisotopic (exact) mass is 253 g/mol. The first kappa shape index (κ1) is 13.1. The highest BCUT2D eigenvalue weighted by Crippen LogP contribution is 2.13. The summed E-state index contributed by atoms with van der Waals surface area (Å²) in [4.78, 5) is 4.02. The second-order valence-corrected chi connectivity index (χ2v) is 4.10. The van der Waals surface area contributed by atoms with Crippen LogP contribution in [0.4, 0.5) is 5.69 Å². The van der Waals surface area contributed by atoms with Gasteiger partial charge in [0.2, 0.25) is 0 Å². The Kier molecular flexibility index (Phi) is 4.49. The molecule has 1 heterocycles. The maximum atomic E-state index is 8.69. The zero-order valence-corrected chi connectivity index (χ0v) is 10.8. The maximum Gasteiger partial charge on any atom is 0.140 e. The molecular formula is C15H15N3O. The third-order valence-electron chi connectivity index (χ3n) is 2.78. The van der Waals surface area contributed by atoms with Gasteiger partial charge in [0.25, 0.3) is 0 Å². The lowest BCUT2D eigenvalue weighted by atomic mass is 10.1. The van der Waals surface area contributed by atoms with Gasteiger partial charge in [-0.3, -0.25) is 0 Å². The quantitative estimate of drug-likeness (QED) is 0.890. The molecule has 0 unspecified atom stereocenters. The van der Waals surface area contributed by atoms with Crippen LogP contribution in [0.15, 0.2) is 42.6 Å². The second-order valence-electron chi connectivity index (χ2n) is 4.10. The van der Waals surface area contributed by atoms with Gasteiger partial charge in [0.15, 0.2) is 0 Å². The van der Waals surface area contributed by atoms with Crippen molar-refractivity contribution in [3.05, 3.63) is 59.4 Å². The Morgan fingerprint density at radius 1 is 1.21 bits per heavy atom. The van der Waals surface area contributed by atoms with Crippen LogP contribution in [-0.2, 0) is 17.9 Å². The Morgan fingerprint density at radius 2 is 2.00 bits per heavy atom. The number of nitriles is 1. The summed E-state index contributed by atoms with van der Waals surface area (Å²) in [7, 11) is 1.69. The van der Waals surface area contributed by atoms with E-state index in [4.69, 9.17) is 10.00 Å². The van der Waals surface area contributed by atoms with Gasteiger partial charge in [0.05, 0.1) is 18.5 Å². The van der Waals surface area contributed by atoms with Crippen molar-refractivity contribution in [2.45, 2.75) is 13.2 Å². The molecule has 0 aliphatic rings. The van der Waals surface area contributed by atoms with Crippen LogP contribution in [-0.4, -0.2) is 12.1 Å². The maximum absolute atomic E-state index is 8.69. The molecule has 0 atom stereocenters. The molecule has 96 valence electrons. The smallest absolute Gasteiger partial charge is 0.140 e. The van der Waals surface area contributed by atoms with Crippen LogP contribution in [0, 0.1) is 11.3 Å². The number of hydrogen-bond donors (Lipinski definition) is 1. The Morgan fingerprint density at radius 3 is 2.63 bits per heavy atom. The summed E-state index contributed by atoms with van der Waals surface area (Å²) >= 11 is 0. The van der Waals surface area contributed by atoms with Crippen molar-refractivity contribution in [1.29, 1.82) is 5.26 Å². The molecule has 0 amide bonds. The lowest BCUT2D eigenvalue weighted by Gasteiger charge is -2.10. The van der Waals surface area contributed by atoms with E-state index in [1.165, 1.54) is 11.1 Å². The first-order valence-corrected chi connectivity index (χ1v) is 5.99. The lowest BCUT2D eigenvalue weighted by molar-refractivity contribution is 0.184. The summed E-state index contributed by atoms with van der Waals surface area (Å²) in [5.74, 6) is 0. The van der Waals surface area contributed by atoms with E-state index in [0.29, 0.717) is 18.8 Å². The average molecular weight is 253 g/mol.